The van der Waals surface area contributed by atoms with Crippen LogP contribution in [0.3, 0.4) is 0 Å². The van der Waals surface area contributed by atoms with E-state index in [9.17, 15) is 4.79 Å². The molecule has 80 valence electrons. The number of benzene rings is 1. The maximum atomic E-state index is 11.7. The van der Waals surface area contributed by atoms with Crippen LogP contribution in [0.5, 0.6) is 0 Å². The Kier molecular flexibility index (Phi) is 2.67. The van der Waals surface area contributed by atoms with Crippen molar-refractivity contribution in [1.29, 1.82) is 0 Å². The summed E-state index contributed by atoms with van der Waals surface area (Å²) in [5.74, 6) is -0.254. The predicted octanol–water partition coefficient (Wildman–Crippen LogP) is 1.78. The summed E-state index contributed by atoms with van der Waals surface area (Å²) in [4.78, 5) is 11.7. The fourth-order valence-electron chi connectivity index (χ4n) is 1.67. The van der Waals surface area contributed by atoms with Crippen molar-refractivity contribution in [3.05, 3.63) is 34.9 Å². The van der Waals surface area contributed by atoms with Crippen molar-refractivity contribution in [2.75, 3.05) is 20.3 Å². The molecule has 0 saturated carbocycles. The molecule has 0 aliphatic carbocycles. The molecule has 0 radical (unpaired) electrons. The first kappa shape index (κ1) is 10.5. The molecule has 2 rings (SSSR count). The van der Waals surface area contributed by atoms with Crippen LogP contribution in [0.15, 0.2) is 24.3 Å². The van der Waals surface area contributed by atoms with Crippen molar-refractivity contribution in [2.24, 2.45) is 0 Å². The van der Waals surface area contributed by atoms with E-state index in [1.54, 1.807) is 12.1 Å². The highest BCUT2D eigenvalue weighted by Crippen LogP contribution is 2.34. The summed E-state index contributed by atoms with van der Waals surface area (Å²) < 4.78 is 9.90. The molecule has 1 heterocycles. The van der Waals surface area contributed by atoms with Gasteiger partial charge < -0.3 is 9.47 Å². The summed E-state index contributed by atoms with van der Waals surface area (Å²) in [7, 11) is 1.39. The number of halogens is 1. The van der Waals surface area contributed by atoms with E-state index in [-0.39, 0.29) is 5.97 Å². The molecule has 4 heteroatoms. The van der Waals surface area contributed by atoms with Gasteiger partial charge in [0.05, 0.1) is 20.3 Å². The van der Waals surface area contributed by atoms with Gasteiger partial charge in [0.2, 0.25) is 0 Å². The van der Waals surface area contributed by atoms with Crippen molar-refractivity contribution in [3.63, 3.8) is 0 Å². The van der Waals surface area contributed by atoms with E-state index in [1.807, 2.05) is 12.1 Å². The van der Waals surface area contributed by atoms with Gasteiger partial charge in [0.15, 0.2) is 0 Å². The molecule has 0 bridgehead atoms. The van der Waals surface area contributed by atoms with Crippen LogP contribution in [-0.4, -0.2) is 26.3 Å². The minimum atomic E-state index is -0.626. The normalized spacial score (nSPS) is 18.0. The number of hydrogen-bond acceptors (Lipinski definition) is 3. The Balaban J connectivity index is 2.34. The second kappa shape index (κ2) is 3.83. The SMILES string of the molecule is COC(=O)C1(c2ccc(Cl)cc2)COC1. The van der Waals surface area contributed by atoms with Crippen LogP contribution in [0.25, 0.3) is 0 Å². The number of carbonyl (C=O) groups excluding carboxylic acids is 1. The summed E-state index contributed by atoms with van der Waals surface area (Å²) in [6.45, 7) is 0.753. The molecule has 1 aromatic carbocycles. The molecule has 1 fully saturated rings. The van der Waals surface area contributed by atoms with Crippen molar-refractivity contribution >= 4 is 17.6 Å². The predicted molar refractivity (Wildman–Crippen MR) is 56.0 cm³/mol. The van der Waals surface area contributed by atoms with Crippen LogP contribution >= 0.6 is 11.6 Å². The minimum absolute atomic E-state index is 0.254. The Morgan fingerprint density at radius 2 is 2.00 bits per heavy atom. The highest BCUT2D eigenvalue weighted by molar-refractivity contribution is 6.30. The summed E-state index contributed by atoms with van der Waals surface area (Å²) in [5, 5.41) is 0.652. The van der Waals surface area contributed by atoms with E-state index in [1.165, 1.54) is 7.11 Å². The lowest BCUT2D eigenvalue weighted by Crippen LogP contribution is -2.53. The first-order chi connectivity index (χ1) is 7.19. The zero-order valence-corrected chi connectivity index (χ0v) is 9.08. The number of methoxy groups -OCH3 is 1. The van der Waals surface area contributed by atoms with Crippen molar-refractivity contribution < 1.29 is 14.3 Å². The molecule has 1 saturated heterocycles. The van der Waals surface area contributed by atoms with Crippen molar-refractivity contribution in [2.45, 2.75) is 5.41 Å². The molecule has 0 atom stereocenters. The van der Waals surface area contributed by atoms with E-state index in [0.717, 1.165) is 5.56 Å². The Labute approximate surface area is 92.9 Å². The smallest absolute Gasteiger partial charge is 0.321 e. The van der Waals surface area contributed by atoms with E-state index in [2.05, 4.69) is 0 Å². The van der Waals surface area contributed by atoms with Gasteiger partial charge >= 0.3 is 5.97 Å². The first-order valence-electron chi connectivity index (χ1n) is 4.61. The van der Waals surface area contributed by atoms with E-state index in [4.69, 9.17) is 21.1 Å². The van der Waals surface area contributed by atoms with Gasteiger partial charge in [0, 0.05) is 5.02 Å². The van der Waals surface area contributed by atoms with Crippen LogP contribution in [0, 0.1) is 0 Å². The molecule has 0 spiro atoms. The maximum absolute atomic E-state index is 11.7. The quantitative estimate of drug-likeness (QED) is 0.722. The molecular weight excluding hydrogens is 216 g/mol. The van der Waals surface area contributed by atoms with E-state index in [0.29, 0.717) is 18.2 Å². The van der Waals surface area contributed by atoms with Gasteiger partial charge in [-0.2, -0.15) is 0 Å². The van der Waals surface area contributed by atoms with E-state index < -0.39 is 5.41 Å². The minimum Gasteiger partial charge on any atom is -0.468 e. The molecule has 1 aliphatic heterocycles. The van der Waals surface area contributed by atoms with Gasteiger partial charge in [-0.05, 0) is 17.7 Å². The van der Waals surface area contributed by atoms with E-state index >= 15 is 0 Å². The van der Waals surface area contributed by atoms with Gasteiger partial charge in [0.1, 0.15) is 5.41 Å². The second-order valence-corrected chi connectivity index (χ2v) is 4.01. The Morgan fingerprint density at radius 1 is 1.40 bits per heavy atom. The van der Waals surface area contributed by atoms with Crippen LogP contribution < -0.4 is 0 Å². The third kappa shape index (κ3) is 1.62. The lowest BCUT2D eigenvalue weighted by Gasteiger charge is -2.38. The van der Waals surface area contributed by atoms with Gasteiger partial charge in [0.25, 0.3) is 0 Å². The average Bonchev–Trinajstić information content (AvgIpc) is 2.19. The Hall–Kier alpha value is -1.06. The zero-order chi connectivity index (χ0) is 10.9. The second-order valence-electron chi connectivity index (χ2n) is 3.57. The third-order valence-corrected chi connectivity index (χ3v) is 2.92. The molecule has 1 aliphatic rings. The molecule has 0 unspecified atom stereocenters. The number of hydrogen-bond donors (Lipinski definition) is 0. The molecule has 0 aromatic heterocycles. The Bertz CT molecular complexity index is 368. The zero-order valence-electron chi connectivity index (χ0n) is 8.33. The fourth-order valence-corrected chi connectivity index (χ4v) is 1.80. The summed E-state index contributed by atoms with van der Waals surface area (Å²) in [6.07, 6.45) is 0. The van der Waals surface area contributed by atoms with Crippen LogP contribution in [0.2, 0.25) is 5.02 Å². The first-order valence-corrected chi connectivity index (χ1v) is 4.99. The lowest BCUT2D eigenvalue weighted by atomic mass is 9.79. The van der Waals surface area contributed by atoms with Crippen LogP contribution in [0.1, 0.15) is 5.56 Å². The van der Waals surface area contributed by atoms with Crippen LogP contribution in [-0.2, 0) is 19.7 Å². The number of carbonyl (C=O) groups is 1. The highest BCUT2D eigenvalue weighted by atomic mass is 35.5. The van der Waals surface area contributed by atoms with Gasteiger partial charge in [-0.1, -0.05) is 23.7 Å². The monoisotopic (exact) mass is 226 g/mol. The number of ether oxygens (including phenoxy) is 2. The number of rotatable bonds is 2. The van der Waals surface area contributed by atoms with Crippen LogP contribution in [0.4, 0.5) is 0 Å². The number of esters is 1. The lowest BCUT2D eigenvalue weighted by molar-refractivity contribution is -0.166. The maximum Gasteiger partial charge on any atom is 0.321 e. The van der Waals surface area contributed by atoms with Crippen molar-refractivity contribution in [3.8, 4) is 0 Å². The van der Waals surface area contributed by atoms with Gasteiger partial charge in [-0.3, -0.25) is 4.79 Å². The fraction of sp³-hybridized carbons (Fsp3) is 0.364. The molecule has 1 aromatic rings. The molecule has 15 heavy (non-hydrogen) atoms. The standard InChI is InChI=1S/C11H11ClO3/c1-14-10(13)11(6-15-7-11)8-2-4-9(12)5-3-8/h2-5H,6-7H2,1H3. The third-order valence-electron chi connectivity index (χ3n) is 2.67. The Morgan fingerprint density at radius 3 is 2.40 bits per heavy atom. The summed E-state index contributed by atoms with van der Waals surface area (Å²) in [5.41, 5.74) is 0.268. The van der Waals surface area contributed by atoms with Gasteiger partial charge in [-0.15, -0.1) is 0 Å². The summed E-state index contributed by atoms with van der Waals surface area (Å²) >= 11 is 5.79. The summed E-state index contributed by atoms with van der Waals surface area (Å²) in [6, 6.07) is 7.20. The van der Waals surface area contributed by atoms with Gasteiger partial charge in [-0.25, -0.2) is 0 Å². The molecule has 0 amide bonds. The topological polar surface area (TPSA) is 35.5 Å². The average molecular weight is 227 g/mol. The highest BCUT2D eigenvalue weighted by Gasteiger charge is 2.48. The molecule has 0 N–H and O–H groups in total. The molecule has 3 nitrogen and oxygen atoms in total. The largest absolute Gasteiger partial charge is 0.468 e. The van der Waals surface area contributed by atoms with Crippen molar-refractivity contribution in [1.82, 2.24) is 0 Å². The molecular formula is C11H11ClO3.